The maximum Gasteiger partial charge on any atom is 0.163 e. The molecular weight excluding hydrogens is 246 g/mol. The van der Waals surface area contributed by atoms with Crippen molar-refractivity contribution in [3.63, 3.8) is 0 Å². The van der Waals surface area contributed by atoms with E-state index in [4.69, 9.17) is 0 Å². The molecule has 0 radical (unpaired) electrons. The number of phenolic OH excluding ortho intramolecular Hbond substituents is 1. The van der Waals surface area contributed by atoms with Crippen molar-refractivity contribution in [2.45, 2.75) is 25.5 Å². The summed E-state index contributed by atoms with van der Waals surface area (Å²) in [6, 6.07) is 5.36. The van der Waals surface area contributed by atoms with E-state index in [2.05, 4.69) is 11.8 Å². The molecule has 0 bridgehead atoms. The van der Waals surface area contributed by atoms with Crippen LogP contribution in [0.2, 0.25) is 0 Å². The molecule has 0 aromatic heterocycles. The number of carbonyl (C=O) groups excluding carboxylic acids is 1. The summed E-state index contributed by atoms with van der Waals surface area (Å²) in [5.41, 5.74) is 1.41. The molecule has 0 saturated carbocycles. The van der Waals surface area contributed by atoms with Crippen LogP contribution in [0.4, 0.5) is 5.69 Å². The molecule has 1 saturated heterocycles. The minimum Gasteiger partial charge on any atom is -0.507 e. The minimum atomic E-state index is -0.0975. The summed E-state index contributed by atoms with van der Waals surface area (Å²) in [5, 5.41) is 10.5. The number of thioether (sulfide) groups is 1. The van der Waals surface area contributed by atoms with Crippen molar-refractivity contribution in [1.82, 2.24) is 0 Å². The zero-order chi connectivity index (χ0) is 13.1. The average molecular weight is 265 g/mol. The van der Waals surface area contributed by atoms with Gasteiger partial charge in [-0.25, -0.2) is 0 Å². The Balaban J connectivity index is 2.18. The topological polar surface area (TPSA) is 40.5 Å². The van der Waals surface area contributed by atoms with Crippen molar-refractivity contribution < 1.29 is 9.90 Å². The van der Waals surface area contributed by atoms with E-state index in [0.717, 1.165) is 24.5 Å². The average Bonchev–Trinajstić information content (AvgIpc) is 2.38. The van der Waals surface area contributed by atoms with Gasteiger partial charge < -0.3 is 10.0 Å². The molecule has 1 aromatic rings. The van der Waals surface area contributed by atoms with E-state index in [1.807, 2.05) is 17.8 Å². The predicted molar refractivity (Wildman–Crippen MR) is 76.9 cm³/mol. The molecule has 0 amide bonds. The number of anilines is 1. The quantitative estimate of drug-likeness (QED) is 0.853. The Hall–Kier alpha value is -1.16. The van der Waals surface area contributed by atoms with Gasteiger partial charge in [0.1, 0.15) is 5.75 Å². The van der Waals surface area contributed by atoms with Crippen molar-refractivity contribution in [2.75, 3.05) is 23.7 Å². The van der Waals surface area contributed by atoms with Gasteiger partial charge in [-0.2, -0.15) is 11.8 Å². The Morgan fingerprint density at radius 1 is 1.56 bits per heavy atom. The fourth-order valence-corrected chi connectivity index (χ4v) is 3.40. The van der Waals surface area contributed by atoms with Gasteiger partial charge in [0.15, 0.2) is 5.78 Å². The normalized spacial score (nSPS) is 19.9. The van der Waals surface area contributed by atoms with E-state index in [9.17, 15) is 9.90 Å². The Morgan fingerprint density at radius 2 is 2.33 bits per heavy atom. The molecular formula is C14H19NO2S. The molecule has 0 aliphatic carbocycles. The van der Waals surface area contributed by atoms with Crippen molar-refractivity contribution >= 4 is 23.2 Å². The first-order valence-corrected chi connectivity index (χ1v) is 7.37. The van der Waals surface area contributed by atoms with Crippen LogP contribution in [0, 0.1) is 0 Å². The smallest absolute Gasteiger partial charge is 0.163 e. The van der Waals surface area contributed by atoms with Crippen LogP contribution >= 0.6 is 11.8 Å². The van der Waals surface area contributed by atoms with Crippen LogP contribution in [0.15, 0.2) is 18.2 Å². The maximum absolute atomic E-state index is 11.3. The molecule has 1 unspecified atom stereocenters. The summed E-state index contributed by atoms with van der Waals surface area (Å²) in [4.78, 5) is 13.6. The molecule has 1 aromatic carbocycles. The lowest BCUT2D eigenvalue weighted by molar-refractivity contribution is 0.101. The van der Waals surface area contributed by atoms with Gasteiger partial charge in [0.25, 0.3) is 0 Å². The van der Waals surface area contributed by atoms with Gasteiger partial charge in [0.2, 0.25) is 0 Å². The van der Waals surface area contributed by atoms with Gasteiger partial charge in [-0.1, -0.05) is 6.92 Å². The van der Waals surface area contributed by atoms with Crippen molar-refractivity contribution in [2.24, 2.45) is 0 Å². The summed E-state index contributed by atoms with van der Waals surface area (Å²) in [6.45, 7) is 5.69. The van der Waals surface area contributed by atoms with E-state index >= 15 is 0 Å². The number of rotatable bonds is 3. The van der Waals surface area contributed by atoms with Crippen molar-refractivity contribution in [1.29, 1.82) is 0 Å². The van der Waals surface area contributed by atoms with Gasteiger partial charge in [0.05, 0.1) is 5.56 Å². The van der Waals surface area contributed by atoms with Crippen LogP contribution in [-0.4, -0.2) is 35.0 Å². The standard InChI is InChI=1S/C14H19NO2S/c1-3-12-9-15(6-7-18-12)11-4-5-13(10(2)16)14(17)8-11/h4-5,8,12,17H,3,6-7,9H2,1-2H3. The summed E-state index contributed by atoms with van der Waals surface area (Å²) in [7, 11) is 0. The lowest BCUT2D eigenvalue weighted by atomic mass is 10.1. The molecule has 2 rings (SSSR count). The summed E-state index contributed by atoms with van der Waals surface area (Å²) in [5.74, 6) is 1.11. The van der Waals surface area contributed by atoms with Crippen LogP contribution in [-0.2, 0) is 0 Å². The summed E-state index contributed by atoms with van der Waals surface area (Å²) in [6.07, 6.45) is 1.17. The van der Waals surface area contributed by atoms with Crippen LogP contribution in [0.1, 0.15) is 30.6 Å². The Labute approximate surface area is 112 Å². The Morgan fingerprint density at radius 3 is 2.94 bits per heavy atom. The lowest BCUT2D eigenvalue weighted by Crippen LogP contribution is -2.37. The molecule has 98 valence electrons. The van der Waals surface area contributed by atoms with Crippen molar-refractivity contribution in [3.05, 3.63) is 23.8 Å². The van der Waals surface area contributed by atoms with E-state index in [0.29, 0.717) is 10.8 Å². The first-order chi connectivity index (χ1) is 8.61. The van der Waals surface area contributed by atoms with Crippen LogP contribution in [0.25, 0.3) is 0 Å². The van der Waals surface area contributed by atoms with Crippen LogP contribution in [0.3, 0.4) is 0 Å². The number of nitrogens with zero attached hydrogens (tertiary/aromatic N) is 1. The molecule has 1 heterocycles. The number of benzene rings is 1. The highest BCUT2D eigenvalue weighted by Crippen LogP contribution is 2.29. The molecule has 4 heteroatoms. The third-order valence-corrected chi connectivity index (χ3v) is 4.69. The second kappa shape index (κ2) is 5.65. The molecule has 0 spiro atoms. The van der Waals surface area contributed by atoms with Crippen LogP contribution in [0.5, 0.6) is 5.75 Å². The van der Waals surface area contributed by atoms with Gasteiger partial charge in [-0.15, -0.1) is 0 Å². The third-order valence-electron chi connectivity index (χ3n) is 3.32. The first kappa shape index (κ1) is 13.3. The lowest BCUT2D eigenvalue weighted by Gasteiger charge is -2.33. The third kappa shape index (κ3) is 2.80. The minimum absolute atomic E-state index is 0.0891. The highest BCUT2D eigenvalue weighted by Gasteiger charge is 2.20. The zero-order valence-corrected chi connectivity index (χ0v) is 11.7. The highest BCUT2D eigenvalue weighted by atomic mass is 32.2. The predicted octanol–water partition coefficient (Wildman–Crippen LogP) is 2.93. The van der Waals surface area contributed by atoms with E-state index in [1.54, 1.807) is 12.1 Å². The number of Topliss-reactive ketones (excluding diaryl/α,β-unsaturated/α-hetero) is 1. The second-order valence-corrected chi connectivity index (χ2v) is 6.01. The fourth-order valence-electron chi connectivity index (χ4n) is 2.22. The maximum atomic E-state index is 11.3. The van der Waals surface area contributed by atoms with Gasteiger partial charge >= 0.3 is 0 Å². The molecule has 1 aliphatic heterocycles. The van der Waals surface area contributed by atoms with E-state index in [1.165, 1.54) is 13.3 Å². The number of phenols is 1. The number of aromatic hydroxyl groups is 1. The van der Waals surface area contributed by atoms with E-state index in [-0.39, 0.29) is 11.5 Å². The number of hydrogen-bond acceptors (Lipinski definition) is 4. The van der Waals surface area contributed by atoms with Gasteiger partial charge in [0, 0.05) is 35.8 Å². The molecule has 18 heavy (non-hydrogen) atoms. The van der Waals surface area contributed by atoms with Crippen LogP contribution < -0.4 is 4.90 Å². The monoisotopic (exact) mass is 265 g/mol. The number of hydrogen-bond donors (Lipinski definition) is 1. The molecule has 1 N–H and O–H groups in total. The SMILES string of the molecule is CCC1CN(c2ccc(C(C)=O)c(O)c2)CCS1. The fraction of sp³-hybridized carbons (Fsp3) is 0.500. The zero-order valence-electron chi connectivity index (χ0n) is 10.8. The Bertz CT molecular complexity index is 447. The summed E-state index contributed by atoms with van der Waals surface area (Å²) >= 11 is 2.02. The molecule has 1 aliphatic rings. The number of ketones is 1. The van der Waals surface area contributed by atoms with E-state index < -0.39 is 0 Å². The molecule has 3 nitrogen and oxygen atoms in total. The Kier molecular flexibility index (Phi) is 4.17. The second-order valence-electron chi connectivity index (χ2n) is 4.60. The molecule has 1 fully saturated rings. The highest BCUT2D eigenvalue weighted by molar-refractivity contribution is 8.00. The number of carbonyl (C=O) groups is 1. The first-order valence-electron chi connectivity index (χ1n) is 6.32. The van der Waals surface area contributed by atoms with Gasteiger partial charge in [-0.3, -0.25) is 4.79 Å². The van der Waals surface area contributed by atoms with Gasteiger partial charge in [-0.05, 0) is 25.5 Å². The summed E-state index contributed by atoms with van der Waals surface area (Å²) < 4.78 is 0. The largest absolute Gasteiger partial charge is 0.507 e. The van der Waals surface area contributed by atoms with Crippen molar-refractivity contribution in [3.8, 4) is 5.75 Å². The molecule has 1 atom stereocenters.